The molecule has 0 unspecified atom stereocenters. The monoisotopic (exact) mass is 936 g/mol. The first-order chi connectivity index (χ1) is 31.7. The van der Waals surface area contributed by atoms with Crippen LogP contribution >= 0.6 is 11.6 Å². The van der Waals surface area contributed by atoms with E-state index >= 15 is 0 Å². The lowest BCUT2D eigenvalue weighted by Gasteiger charge is -2.18. The Labute approximate surface area is 379 Å². The number of alkyl halides is 6. The predicted molar refractivity (Wildman–Crippen MR) is 237 cm³/mol. The van der Waals surface area contributed by atoms with Crippen LogP contribution < -0.4 is 22.5 Å². The molecule has 0 aliphatic rings. The van der Waals surface area contributed by atoms with Crippen molar-refractivity contribution in [2.75, 3.05) is 0 Å². The van der Waals surface area contributed by atoms with Gasteiger partial charge in [0.05, 0.1) is 81.3 Å². The molecule has 0 bridgehead atoms. The van der Waals surface area contributed by atoms with Crippen molar-refractivity contribution in [3.63, 3.8) is 0 Å². The molecule has 67 heavy (non-hydrogen) atoms. The Morgan fingerprint density at radius 1 is 0.567 bits per heavy atom. The molecule has 0 saturated carbocycles. The maximum Gasteiger partial charge on any atom is 0.416 e. The van der Waals surface area contributed by atoms with Crippen LogP contribution in [-0.2, 0) is 26.4 Å². The average molecular weight is 937 g/mol. The summed E-state index contributed by atoms with van der Waals surface area (Å²) in [7, 11) is 2.50. The highest BCUT2D eigenvalue weighted by Crippen LogP contribution is 2.34. The molecule has 0 fully saturated rings. The van der Waals surface area contributed by atoms with E-state index in [1.807, 2.05) is 0 Å². The molecule has 8 rings (SSSR count). The molecule has 4 heterocycles. The van der Waals surface area contributed by atoms with Gasteiger partial charge in [-0.15, -0.1) is 0 Å². The van der Waals surface area contributed by atoms with Crippen molar-refractivity contribution in [1.29, 1.82) is 0 Å². The molecule has 338 valence electrons. The highest BCUT2D eigenvalue weighted by molar-refractivity contribution is 6.33. The van der Waals surface area contributed by atoms with Crippen LogP contribution in [0.2, 0.25) is 5.02 Å². The molecule has 0 N–H and O–H groups in total. The summed E-state index contributed by atoms with van der Waals surface area (Å²) in [4.78, 5) is 58.8. The summed E-state index contributed by atoms with van der Waals surface area (Å²) in [5.74, 6) is 0. The number of benzene rings is 4. The van der Waals surface area contributed by atoms with Gasteiger partial charge in [-0.3, -0.25) is 27.9 Å². The highest BCUT2D eigenvalue weighted by atomic mass is 35.5. The quantitative estimate of drug-likeness (QED) is 0.121. The molecule has 0 amide bonds. The molecule has 0 aliphatic heterocycles. The molecule has 8 aromatic rings. The number of halogens is 7. The van der Waals surface area contributed by atoms with E-state index in [-0.39, 0.29) is 44.6 Å². The summed E-state index contributed by atoms with van der Waals surface area (Å²) in [5, 5.41) is 8.58. The second-order valence-corrected chi connectivity index (χ2v) is 15.0. The molecule has 0 spiro atoms. The second kappa shape index (κ2) is 17.8. The molecule has 0 radical (unpaired) electrons. The lowest BCUT2D eigenvalue weighted by molar-refractivity contribution is -0.138. The van der Waals surface area contributed by atoms with E-state index < -0.39 is 46.0 Å². The van der Waals surface area contributed by atoms with Crippen molar-refractivity contribution >= 4 is 23.0 Å². The van der Waals surface area contributed by atoms with Gasteiger partial charge >= 0.3 is 23.7 Å². The summed E-state index contributed by atoms with van der Waals surface area (Å²) in [6.45, 7) is 17.1. The molecule has 0 saturated heterocycles. The summed E-state index contributed by atoms with van der Waals surface area (Å²) >= 11 is 6.39. The van der Waals surface area contributed by atoms with Crippen molar-refractivity contribution in [2.45, 2.75) is 26.2 Å². The SMILES string of the molecule is [C-]#[N+]c1ccc(-n2ncc(Cl)c2-c2c(C)n(-c3cccc(C(F)(F)F)c3)c(=O)n(C)c2=O)cc1.[C-]#[N+]c1ccc(-n2nccc2-c2c(C)n(-c3cccc(C(F)(F)F)c3)c(=O)n(C)c2=O)cc1. The van der Waals surface area contributed by atoms with Crippen LogP contribution in [0.5, 0.6) is 0 Å². The van der Waals surface area contributed by atoms with Gasteiger partial charge in [-0.1, -0.05) is 48.0 Å². The van der Waals surface area contributed by atoms with E-state index in [4.69, 9.17) is 24.7 Å². The summed E-state index contributed by atoms with van der Waals surface area (Å²) in [6.07, 6.45) is -6.42. The van der Waals surface area contributed by atoms with Gasteiger partial charge in [0.2, 0.25) is 0 Å². The summed E-state index contributed by atoms with van der Waals surface area (Å²) < 4.78 is 86.2. The van der Waals surface area contributed by atoms with Crippen molar-refractivity contribution in [2.24, 2.45) is 14.1 Å². The molecule has 4 aromatic carbocycles. The fourth-order valence-electron chi connectivity index (χ4n) is 7.23. The minimum Gasteiger partial charge on any atom is -0.268 e. The first kappa shape index (κ1) is 46.5. The zero-order valence-electron chi connectivity index (χ0n) is 35.2. The predicted octanol–water partition coefficient (Wildman–Crippen LogP) is 9.19. The minimum absolute atomic E-state index is 0.00346. The Kier molecular flexibility index (Phi) is 12.4. The fourth-order valence-corrected chi connectivity index (χ4v) is 7.45. The number of rotatable bonds is 6. The molecular formula is C46H31ClF6N10O4. The molecule has 0 atom stereocenters. The van der Waals surface area contributed by atoms with E-state index in [0.29, 0.717) is 28.4 Å². The molecule has 0 aliphatic carbocycles. The van der Waals surface area contributed by atoms with Gasteiger partial charge in [-0.25, -0.2) is 28.6 Å². The van der Waals surface area contributed by atoms with Crippen LogP contribution in [0.1, 0.15) is 22.5 Å². The highest BCUT2D eigenvalue weighted by Gasteiger charge is 2.33. The van der Waals surface area contributed by atoms with E-state index in [1.165, 1.54) is 74.0 Å². The average Bonchev–Trinajstić information content (AvgIpc) is 3.94. The maximum absolute atomic E-state index is 13.3. The van der Waals surface area contributed by atoms with Gasteiger partial charge in [0.25, 0.3) is 11.1 Å². The van der Waals surface area contributed by atoms with Crippen LogP contribution in [0.3, 0.4) is 0 Å². The van der Waals surface area contributed by atoms with Crippen molar-refractivity contribution in [3.8, 4) is 45.3 Å². The van der Waals surface area contributed by atoms with Crippen LogP contribution in [0, 0.1) is 27.0 Å². The zero-order chi connectivity index (χ0) is 48.7. The van der Waals surface area contributed by atoms with Crippen molar-refractivity contribution in [3.05, 3.63) is 208 Å². The third-order valence-corrected chi connectivity index (χ3v) is 10.8. The smallest absolute Gasteiger partial charge is 0.268 e. The van der Waals surface area contributed by atoms with Gasteiger partial charge in [-0.2, -0.15) is 36.5 Å². The van der Waals surface area contributed by atoms with Gasteiger partial charge < -0.3 is 0 Å². The topological polar surface area (TPSA) is 132 Å². The van der Waals surface area contributed by atoms with Crippen LogP contribution in [0.4, 0.5) is 37.7 Å². The van der Waals surface area contributed by atoms with E-state index in [9.17, 15) is 45.5 Å². The minimum atomic E-state index is -4.61. The molecule has 21 heteroatoms. The zero-order valence-corrected chi connectivity index (χ0v) is 36.0. The molecule has 14 nitrogen and oxygen atoms in total. The number of aromatic nitrogens is 8. The largest absolute Gasteiger partial charge is 0.416 e. The van der Waals surface area contributed by atoms with Crippen LogP contribution in [0.25, 0.3) is 55.0 Å². The first-order valence-electron chi connectivity index (χ1n) is 19.4. The third kappa shape index (κ3) is 8.73. The number of hydrogen-bond donors (Lipinski definition) is 0. The number of hydrogen-bond acceptors (Lipinski definition) is 6. The lowest BCUT2D eigenvalue weighted by Crippen LogP contribution is -2.40. The van der Waals surface area contributed by atoms with Crippen LogP contribution in [0.15, 0.2) is 135 Å². The van der Waals surface area contributed by atoms with Crippen LogP contribution in [-0.4, -0.2) is 37.8 Å². The number of nitrogens with zero attached hydrogens (tertiary/aromatic N) is 10. The normalized spacial score (nSPS) is 11.4. The maximum atomic E-state index is 13.3. The van der Waals surface area contributed by atoms with E-state index in [0.717, 1.165) is 42.5 Å². The Morgan fingerprint density at radius 2 is 1.00 bits per heavy atom. The molecule has 4 aromatic heterocycles. The standard InChI is InChI=1S/C23H15ClF3N5O2.C23H16F3N5O2/c1-13-19(20-18(24)12-29-32(20)16-9-7-15(28-2)8-10-16)21(33)30(3)22(34)31(13)17-6-4-5-14(11-17)23(25,26)27;1-14-20(19-11-12-28-31(19)17-9-7-16(27-2)8-10-17)21(32)29(3)22(33)30(14)18-6-4-5-15(13-18)23(24,25)26/h4-12H,1,3H3;4-13H,1,3H3. The van der Waals surface area contributed by atoms with Gasteiger partial charge in [0, 0.05) is 25.5 Å². The first-order valence-corrected chi connectivity index (χ1v) is 19.8. The van der Waals surface area contributed by atoms with E-state index in [1.54, 1.807) is 54.6 Å². The Bertz CT molecular complexity index is 3570. The Morgan fingerprint density at radius 3 is 1.45 bits per heavy atom. The Hall–Kier alpha value is -8.49. The summed E-state index contributed by atoms with van der Waals surface area (Å²) in [5.41, 5.74) is -2.03. The van der Waals surface area contributed by atoms with Crippen molar-refractivity contribution in [1.82, 2.24) is 37.8 Å². The van der Waals surface area contributed by atoms with Gasteiger partial charge in [-0.05, 0) is 80.6 Å². The van der Waals surface area contributed by atoms with Gasteiger partial charge in [0.1, 0.15) is 5.69 Å². The third-order valence-electron chi connectivity index (χ3n) is 10.6. The Balaban J connectivity index is 0.000000199. The van der Waals surface area contributed by atoms with E-state index in [2.05, 4.69) is 19.9 Å². The summed E-state index contributed by atoms with van der Waals surface area (Å²) in [6, 6.07) is 23.1. The lowest BCUT2D eigenvalue weighted by atomic mass is 10.1. The second-order valence-electron chi connectivity index (χ2n) is 14.6. The van der Waals surface area contributed by atoms with Crippen molar-refractivity contribution < 1.29 is 26.3 Å². The fraction of sp³-hybridized carbons (Fsp3) is 0.130. The molecular weight excluding hydrogens is 906 g/mol. The van der Waals surface area contributed by atoms with Gasteiger partial charge in [0.15, 0.2) is 11.4 Å².